The maximum absolute atomic E-state index is 12.2. The highest BCUT2D eigenvalue weighted by Gasteiger charge is 2.42. The van der Waals surface area contributed by atoms with Gasteiger partial charge in [-0.15, -0.1) is 0 Å². The summed E-state index contributed by atoms with van der Waals surface area (Å²) in [4.78, 5) is 23.2. The number of ether oxygens (including phenoxy) is 1. The average Bonchev–Trinajstić information content (AvgIpc) is 3.09. The van der Waals surface area contributed by atoms with Crippen molar-refractivity contribution >= 4 is 17.7 Å². The fourth-order valence-electron chi connectivity index (χ4n) is 4.19. The van der Waals surface area contributed by atoms with Crippen molar-refractivity contribution < 1.29 is 14.3 Å². The normalized spacial score (nSPS) is 26.6. The molecule has 1 aromatic rings. The molecule has 2 N–H and O–H groups in total. The lowest BCUT2D eigenvalue weighted by Crippen LogP contribution is -2.42. The monoisotopic (exact) mass is 316 g/mol. The van der Waals surface area contributed by atoms with Crippen LogP contribution in [0.4, 0.5) is 10.5 Å². The predicted octanol–water partition coefficient (Wildman–Crippen LogP) is 3.56. The number of nitrogens with one attached hydrogen (secondary N) is 2. The molecular formula is C18H24N2O3. The summed E-state index contributed by atoms with van der Waals surface area (Å²) in [7, 11) is 0. The first-order chi connectivity index (χ1) is 11.0. The molecule has 0 heterocycles. The van der Waals surface area contributed by atoms with Crippen molar-refractivity contribution in [1.82, 2.24) is 5.32 Å². The first kappa shape index (κ1) is 15.8. The summed E-state index contributed by atoms with van der Waals surface area (Å²) in [5.41, 5.74) is 0.612. The van der Waals surface area contributed by atoms with Gasteiger partial charge in [-0.25, -0.2) is 4.79 Å². The van der Waals surface area contributed by atoms with Crippen molar-refractivity contribution in [3.05, 3.63) is 24.3 Å². The van der Waals surface area contributed by atoms with Gasteiger partial charge in [-0.05, 0) is 56.1 Å². The van der Waals surface area contributed by atoms with Crippen molar-refractivity contribution in [2.75, 3.05) is 5.32 Å². The van der Waals surface area contributed by atoms with Crippen LogP contribution in [0.1, 0.15) is 39.5 Å². The molecule has 5 heteroatoms. The Hall–Kier alpha value is -2.04. The molecule has 0 aliphatic heterocycles. The van der Waals surface area contributed by atoms with Crippen LogP contribution in [-0.4, -0.2) is 18.0 Å². The largest absolute Gasteiger partial charge is 0.427 e. The minimum atomic E-state index is -0.378. The second-order valence-electron chi connectivity index (χ2n) is 6.85. The van der Waals surface area contributed by atoms with Crippen LogP contribution in [0, 0.1) is 17.8 Å². The number of hydrogen-bond donors (Lipinski definition) is 2. The Kier molecular flexibility index (Phi) is 4.55. The van der Waals surface area contributed by atoms with Gasteiger partial charge in [0, 0.05) is 24.7 Å². The number of anilines is 1. The van der Waals surface area contributed by atoms with Crippen LogP contribution < -0.4 is 15.4 Å². The number of urea groups is 1. The van der Waals surface area contributed by atoms with Crippen molar-refractivity contribution in [3.8, 4) is 5.75 Å². The van der Waals surface area contributed by atoms with Crippen LogP contribution in [0.25, 0.3) is 0 Å². The average molecular weight is 316 g/mol. The molecule has 23 heavy (non-hydrogen) atoms. The first-order valence-corrected chi connectivity index (χ1v) is 8.37. The molecular weight excluding hydrogens is 292 g/mol. The number of carbonyl (C=O) groups is 2. The van der Waals surface area contributed by atoms with Gasteiger partial charge in [0.15, 0.2) is 0 Å². The fraction of sp³-hybridized carbons (Fsp3) is 0.556. The minimum Gasteiger partial charge on any atom is -0.427 e. The van der Waals surface area contributed by atoms with Crippen LogP contribution in [0.15, 0.2) is 24.3 Å². The summed E-state index contributed by atoms with van der Waals surface area (Å²) < 4.78 is 5.02. The zero-order valence-electron chi connectivity index (χ0n) is 13.7. The molecule has 124 valence electrons. The van der Waals surface area contributed by atoms with Crippen molar-refractivity contribution in [3.63, 3.8) is 0 Å². The molecule has 2 bridgehead atoms. The minimum absolute atomic E-state index is 0.182. The van der Waals surface area contributed by atoms with Gasteiger partial charge < -0.3 is 15.4 Å². The molecule has 1 aromatic carbocycles. The molecule has 4 atom stereocenters. The molecule has 5 nitrogen and oxygen atoms in total. The molecule has 3 rings (SSSR count). The summed E-state index contributed by atoms with van der Waals surface area (Å²) in [6, 6.07) is 6.82. The highest BCUT2D eigenvalue weighted by Crippen LogP contribution is 2.49. The van der Waals surface area contributed by atoms with E-state index in [1.54, 1.807) is 24.3 Å². The van der Waals surface area contributed by atoms with Crippen LogP contribution >= 0.6 is 0 Å². The molecule has 0 saturated heterocycles. The summed E-state index contributed by atoms with van der Waals surface area (Å²) in [5.74, 6) is 2.31. The molecule has 0 spiro atoms. The quantitative estimate of drug-likeness (QED) is 0.659. The number of carbonyl (C=O) groups excluding carboxylic acids is 2. The zero-order valence-corrected chi connectivity index (χ0v) is 13.7. The van der Waals surface area contributed by atoms with Gasteiger partial charge >= 0.3 is 12.0 Å². The second-order valence-corrected chi connectivity index (χ2v) is 6.85. The van der Waals surface area contributed by atoms with Crippen molar-refractivity contribution in [1.29, 1.82) is 0 Å². The van der Waals surface area contributed by atoms with Gasteiger partial charge in [-0.3, -0.25) is 4.79 Å². The van der Waals surface area contributed by atoms with Crippen LogP contribution in [0.3, 0.4) is 0 Å². The van der Waals surface area contributed by atoms with E-state index in [1.807, 2.05) is 0 Å². The van der Waals surface area contributed by atoms with Crippen molar-refractivity contribution in [2.45, 2.75) is 45.6 Å². The smallest absolute Gasteiger partial charge is 0.319 e. The number of hydrogen-bond acceptors (Lipinski definition) is 3. The molecule has 2 aliphatic carbocycles. The number of fused-ring (bicyclic) bond motifs is 2. The maximum Gasteiger partial charge on any atom is 0.319 e. The Bertz CT molecular complexity index is 602. The van der Waals surface area contributed by atoms with E-state index in [0.29, 0.717) is 17.4 Å². The van der Waals surface area contributed by atoms with Crippen LogP contribution in [0.5, 0.6) is 5.75 Å². The predicted molar refractivity (Wildman–Crippen MR) is 88.3 cm³/mol. The summed E-state index contributed by atoms with van der Waals surface area (Å²) in [5, 5.41) is 5.87. The Balaban J connectivity index is 1.54. The van der Waals surface area contributed by atoms with E-state index in [2.05, 4.69) is 17.6 Å². The molecule has 0 radical (unpaired) electrons. The van der Waals surface area contributed by atoms with Crippen LogP contribution in [-0.2, 0) is 4.79 Å². The highest BCUT2D eigenvalue weighted by atomic mass is 16.5. The third kappa shape index (κ3) is 3.84. The zero-order chi connectivity index (χ0) is 16.4. The highest BCUT2D eigenvalue weighted by molar-refractivity contribution is 5.89. The molecule has 0 aromatic heterocycles. The van der Waals surface area contributed by atoms with Gasteiger partial charge in [0.05, 0.1) is 0 Å². The number of rotatable bonds is 4. The van der Waals surface area contributed by atoms with E-state index >= 15 is 0 Å². The number of esters is 1. The lowest BCUT2D eigenvalue weighted by atomic mass is 9.84. The molecule has 2 saturated carbocycles. The van der Waals surface area contributed by atoms with Gasteiger partial charge in [0.25, 0.3) is 0 Å². The summed E-state index contributed by atoms with van der Waals surface area (Å²) in [6.45, 7) is 3.45. The van der Waals surface area contributed by atoms with Gasteiger partial charge in [0.2, 0.25) is 0 Å². The second kappa shape index (κ2) is 6.60. The van der Waals surface area contributed by atoms with E-state index in [0.717, 1.165) is 11.8 Å². The third-order valence-corrected chi connectivity index (χ3v) is 5.15. The van der Waals surface area contributed by atoms with E-state index in [9.17, 15) is 9.59 Å². The molecule has 4 unspecified atom stereocenters. The summed E-state index contributed by atoms with van der Waals surface area (Å²) in [6.07, 6.45) is 5.26. The lowest BCUT2D eigenvalue weighted by molar-refractivity contribution is -0.131. The van der Waals surface area contributed by atoms with E-state index in [4.69, 9.17) is 4.74 Å². The van der Waals surface area contributed by atoms with E-state index in [1.165, 1.54) is 32.6 Å². The Labute approximate surface area is 136 Å². The number of amides is 2. The van der Waals surface area contributed by atoms with Crippen LogP contribution in [0.2, 0.25) is 0 Å². The van der Waals surface area contributed by atoms with Crippen molar-refractivity contribution in [2.24, 2.45) is 17.8 Å². The van der Waals surface area contributed by atoms with Gasteiger partial charge in [0.1, 0.15) is 5.75 Å². The summed E-state index contributed by atoms with van der Waals surface area (Å²) >= 11 is 0. The third-order valence-electron chi connectivity index (χ3n) is 5.15. The number of benzene rings is 1. The van der Waals surface area contributed by atoms with Gasteiger partial charge in [-0.1, -0.05) is 12.5 Å². The van der Waals surface area contributed by atoms with Gasteiger partial charge in [-0.2, -0.15) is 0 Å². The van der Waals surface area contributed by atoms with E-state index in [-0.39, 0.29) is 18.0 Å². The fourth-order valence-corrected chi connectivity index (χ4v) is 4.19. The first-order valence-electron chi connectivity index (χ1n) is 8.37. The molecule has 2 aliphatic rings. The Morgan fingerprint density at radius 1 is 1.26 bits per heavy atom. The lowest BCUT2D eigenvalue weighted by Gasteiger charge is -2.28. The molecule has 2 amide bonds. The maximum atomic E-state index is 12.2. The Morgan fingerprint density at radius 3 is 2.74 bits per heavy atom. The molecule has 2 fully saturated rings. The van der Waals surface area contributed by atoms with E-state index < -0.39 is 0 Å². The Morgan fingerprint density at radius 2 is 2.09 bits per heavy atom. The topological polar surface area (TPSA) is 67.4 Å². The SMILES string of the molecule is CC(=O)Oc1cccc(NC(=O)NC(C)C2CC3CCC2C3)c1. The standard InChI is InChI=1S/C18H24N2O3/c1-11(17-9-13-6-7-14(17)8-13)19-18(22)20-15-4-3-5-16(10-15)23-12(2)21/h3-5,10-11,13-14,17H,6-9H2,1-2H3,(H2,19,20,22).